The lowest BCUT2D eigenvalue weighted by Crippen LogP contribution is -2.14. The number of aryl methyl sites for hydroxylation is 2. The molecule has 0 aliphatic carbocycles. The smallest absolute Gasteiger partial charge is 0.398 e. The Kier molecular flexibility index (Phi) is 8.13. The van der Waals surface area contributed by atoms with Gasteiger partial charge in [-0.05, 0) is 68.0 Å². The second kappa shape index (κ2) is 11.7. The van der Waals surface area contributed by atoms with E-state index in [-0.39, 0.29) is 22.8 Å². The van der Waals surface area contributed by atoms with Gasteiger partial charge >= 0.3 is 6.18 Å². The number of hydrogen-bond donors (Lipinski definition) is 3. The van der Waals surface area contributed by atoms with E-state index < -0.39 is 17.6 Å². The highest BCUT2D eigenvalue weighted by Crippen LogP contribution is 2.33. The molecule has 2 heterocycles. The van der Waals surface area contributed by atoms with Crippen LogP contribution in [0.4, 0.5) is 24.5 Å². The quantitative estimate of drug-likeness (QED) is 0.232. The van der Waals surface area contributed by atoms with Gasteiger partial charge in [-0.1, -0.05) is 12.6 Å². The molecule has 2 aromatic carbocycles. The van der Waals surface area contributed by atoms with Gasteiger partial charge in [0.1, 0.15) is 5.82 Å². The molecule has 0 saturated heterocycles. The molecule has 204 valence electrons. The molecule has 0 bridgehead atoms. The molecule has 0 unspecified atom stereocenters. The minimum absolute atomic E-state index is 0.0109. The summed E-state index contributed by atoms with van der Waals surface area (Å²) in [5, 5.41) is 5.60. The number of nitrogens with two attached hydrogens (primary N) is 1. The molecule has 4 aromatic rings. The van der Waals surface area contributed by atoms with E-state index in [0.29, 0.717) is 17.1 Å². The average Bonchev–Trinajstić information content (AvgIpc) is 3.36. The molecule has 0 atom stereocenters. The highest BCUT2D eigenvalue weighted by molar-refractivity contribution is 6.05. The fraction of sp³-hybridized carbons (Fsp3) is 0.103. The maximum atomic E-state index is 13.6. The molecule has 1 amide bonds. The average molecular weight is 546 g/mol. The maximum Gasteiger partial charge on any atom is 0.416 e. The third-order valence-electron chi connectivity index (χ3n) is 5.77. The molecule has 0 fully saturated rings. The number of allylic oxidation sites excluding steroid dienone is 1. The number of aromatic nitrogens is 3. The van der Waals surface area contributed by atoms with Crippen LogP contribution in [-0.4, -0.2) is 26.7 Å². The zero-order valence-electron chi connectivity index (χ0n) is 21.7. The first-order valence-electron chi connectivity index (χ1n) is 12.0. The Morgan fingerprint density at radius 3 is 2.58 bits per heavy atom. The van der Waals surface area contributed by atoms with Crippen LogP contribution in [0.15, 0.2) is 96.9 Å². The van der Waals surface area contributed by atoms with Gasteiger partial charge in [0.2, 0.25) is 0 Å². The van der Waals surface area contributed by atoms with Crippen LogP contribution < -0.4 is 16.4 Å². The van der Waals surface area contributed by atoms with Gasteiger partial charge < -0.3 is 20.9 Å². The van der Waals surface area contributed by atoms with Crippen molar-refractivity contribution in [1.29, 1.82) is 0 Å². The Hall–Kier alpha value is -5.19. The number of nitrogens with one attached hydrogen (secondary N) is 2. The van der Waals surface area contributed by atoms with Crippen molar-refractivity contribution < 1.29 is 18.0 Å². The Balaban J connectivity index is 1.51. The summed E-state index contributed by atoms with van der Waals surface area (Å²) in [5.74, 6) is -0.300. The predicted octanol–water partition coefficient (Wildman–Crippen LogP) is 6.11. The number of hydrogen-bond acceptors (Lipinski definition) is 6. The lowest BCUT2D eigenvalue weighted by Gasteiger charge is -2.14. The van der Waals surface area contributed by atoms with Gasteiger partial charge in [0, 0.05) is 58.7 Å². The third-order valence-corrected chi connectivity index (χ3v) is 5.77. The number of imidazole rings is 1. The van der Waals surface area contributed by atoms with Crippen molar-refractivity contribution >= 4 is 29.2 Å². The third kappa shape index (κ3) is 7.01. The van der Waals surface area contributed by atoms with Gasteiger partial charge in [-0.15, -0.1) is 0 Å². The van der Waals surface area contributed by atoms with Gasteiger partial charge in [-0.2, -0.15) is 13.2 Å². The number of rotatable bonds is 8. The molecular formula is C29H26F3N7O. The number of benzene rings is 2. The Labute approximate surface area is 228 Å². The van der Waals surface area contributed by atoms with Crippen LogP contribution in [0.25, 0.3) is 11.4 Å². The maximum absolute atomic E-state index is 13.6. The summed E-state index contributed by atoms with van der Waals surface area (Å²) in [5.41, 5.74) is 8.76. The van der Waals surface area contributed by atoms with Crippen molar-refractivity contribution in [3.63, 3.8) is 0 Å². The van der Waals surface area contributed by atoms with Crippen LogP contribution in [0.5, 0.6) is 0 Å². The number of nitrogens with zero attached hydrogens (tertiary/aromatic N) is 4. The van der Waals surface area contributed by atoms with Crippen molar-refractivity contribution in [2.24, 2.45) is 10.7 Å². The molecule has 4 rings (SSSR count). The van der Waals surface area contributed by atoms with E-state index in [1.165, 1.54) is 23.2 Å². The molecule has 0 aliphatic heterocycles. The largest absolute Gasteiger partial charge is 0.416 e. The SMILES string of the molecule is C=C(N=C/C=C(\N)c1cccnc1)Nc1cc(C(=O)Nc2cc(-n3cnc(C)c3)cc(C(F)(F)F)c2)ccc1C. The minimum Gasteiger partial charge on any atom is -0.398 e. The number of halogens is 3. The summed E-state index contributed by atoms with van der Waals surface area (Å²) in [4.78, 5) is 25.3. The van der Waals surface area contributed by atoms with Gasteiger partial charge in [-0.25, -0.2) is 9.98 Å². The molecular weight excluding hydrogens is 519 g/mol. The standard InChI is InChI=1S/C29H26F3N7O/c1-18-6-7-21(11-27(18)37-20(3)35-10-8-26(33)22-5-4-9-34-15-22)28(40)38-24-12-23(29(30,31)32)13-25(14-24)39-16-19(2)36-17-39/h4-17,37H,3,33H2,1-2H3,(H,38,40)/b26-8-,35-10?. The Bertz CT molecular complexity index is 1610. The van der Waals surface area contributed by atoms with Crippen LogP contribution in [0.1, 0.15) is 32.7 Å². The first-order valence-corrected chi connectivity index (χ1v) is 12.0. The molecule has 0 spiro atoms. The topological polar surface area (TPSA) is 110 Å². The normalized spacial score (nSPS) is 12.0. The van der Waals surface area contributed by atoms with E-state index in [1.54, 1.807) is 55.9 Å². The molecule has 4 N–H and O–H groups in total. The molecule has 2 aromatic heterocycles. The van der Waals surface area contributed by atoms with E-state index in [0.717, 1.165) is 23.3 Å². The summed E-state index contributed by atoms with van der Waals surface area (Å²) < 4.78 is 42.2. The number of aliphatic imine (C=N–C) groups is 1. The molecule has 0 saturated carbocycles. The summed E-state index contributed by atoms with van der Waals surface area (Å²) in [6.07, 6.45) is 4.76. The van der Waals surface area contributed by atoms with Crippen molar-refractivity contribution in [3.05, 3.63) is 120 Å². The van der Waals surface area contributed by atoms with Crippen molar-refractivity contribution in [1.82, 2.24) is 14.5 Å². The lowest BCUT2D eigenvalue weighted by atomic mass is 10.1. The van der Waals surface area contributed by atoms with Crippen molar-refractivity contribution in [2.75, 3.05) is 10.6 Å². The fourth-order valence-corrected chi connectivity index (χ4v) is 3.68. The van der Waals surface area contributed by atoms with E-state index in [4.69, 9.17) is 5.73 Å². The molecule has 11 heteroatoms. The fourth-order valence-electron chi connectivity index (χ4n) is 3.68. The number of carbonyl (C=O) groups is 1. The van der Waals surface area contributed by atoms with Crippen LogP contribution in [0.3, 0.4) is 0 Å². The predicted molar refractivity (Wildman–Crippen MR) is 150 cm³/mol. The van der Waals surface area contributed by atoms with Crippen LogP contribution in [0, 0.1) is 13.8 Å². The van der Waals surface area contributed by atoms with E-state index in [9.17, 15) is 18.0 Å². The Morgan fingerprint density at radius 1 is 1.10 bits per heavy atom. The van der Waals surface area contributed by atoms with E-state index >= 15 is 0 Å². The number of amides is 1. The monoisotopic (exact) mass is 545 g/mol. The van der Waals surface area contributed by atoms with E-state index in [1.807, 2.05) is 13.0 Å². The molecule has 0 aliphatic rings. The summed E-state index contributed by atoms with van der Waals surface area (Å²) in [6.45, 7) is 7.42. The van der Waals surface area contributed by atoms with Gasteiger partial charge in [-0.3, -0.25) is 9.78 Å². The first kappa shape index (κ1) is 27.8. The van der Waals surface area contributed by atoms with Gasteiger partial charge in [0.25, 0.3) is 5.91 Å². The van der Waals surface area contributed by atoms with Crippen LogP contribution in [-0.2, 0) is 6.18 Å². The van der Waals surface area contributed by atoms with Crippen LogP contribution in [0.2, 0.25) is 0 Å². The van der Waals surface area contributed by atoms with Crippen molar-refractivity contribution in [2.45, 2.75) is 20.0 Å². The lowest BCUT2D eigenvalue weighted by molar-refractivity contribution is -0.137. The van der Waals surface area contributed by atoms with Crippen molar-refractivity contribution in [3.8, 4) is 5.69 Å². The second-order valence-electron chi connectivity index (χ2n) is 8.89. The van der Waals surface area contributed by atoms with Gasteiger partial charge in [0.05, 0.1) is 17.6 Å². The number of anilines is 2. The number of alkyl halides is 3. The summed E-state index contributed by atoms with van der Waals surface area (Å²) >= 11 is 0. The molecule has 8 nitrogen and oxygen atoms in total. The summed E-state index contributed by atoms with van der Waals surface area (Å²) in [7, 11) is 0. The number of pyridine rings is 1. The zero-order valence-corrected chi connectivity index (χ0v) is 21.7. The minimum atomic E-state index is -4.61. The van der Waals surface area contributed by atoms with Gasteiger partial charge in [0.15, 0.2) is 0 Å². The molecule has 0 radical (unpaired) electrons. The van der Waals surface area contributed by atoms with E-state index in [2.05, 4.69) is 32.2 Å². The van der Waals surface area contributed by atoms with Crippen LogP contribution >= 0.6 is 0 Å². The summed E-state index contributed by atoms with van der Waals surface area (Å²) in [6, 6.07) is 11.8. The number of carbonyl (C=O) groups excluding carboxylic acids is 1. The highest BCUT2D eigenvalue weighted by Gasteiger charge is 2.31. The highest BCUT2D eigenvalue weighted by atomic mass is 19.4. The second-order valence-corrected chi connectivity index (χ2v) is 8.89. The molecule has 40 heavy (non-hydrogen) atoms. The Morgan fingerprint density at radius 2 is 1.90 bits per heavy atom. The zero-order chi connectivity index (χ0) is 28.9. The first-order chi connectivity index (χ1) is 19.0.